The molecule has 11 aromatic carbocycles. The Morgan fingerprint density at radius 1 is 0.290 bits per heavy atom. The topological polar surface area (TPSA) is 13.1 Å². The molecule has 0 N–H and O–H groups in total. The molecule has 0 saturated heterocycles. The fourth-order valence-electron chi connectivity index (χ4n) is 10.4. The minimum absolute atomic E-state index is 1.09. The number of hydrogen-bond acceptors (Lipinski definition) is 1. The molecule has 3 heteroatoms. The summed E-state index contributed by atoms with van der Waals surface area (Å²) in [4.78, 5) is 2.37. The van der Waals surface area contributed by atoms with Gasteiger partial charge in [0.15, 0.2) is 0 Å². The van der Waals surface area contributed by atoms with Crippen molar-refractivity contribution in [1.29, 1.82) is 0 Å². The van der Waals surface area contributed by atoms with E-state index in [4.69, 9.17) is 0 Å². The minimum Gasteiger partial charge on any atom is -0.310 e. The summed E-state index contributed by atoms with van der Waals surface area (Å²) < 4.78 is 4.74. The normalized spacial score (nSPS) is 11.5. The van der Waals surface area contributed by atoms with E-state index in [0.29, 0.717) is 0 Å². The molecule has 0 bridgehead atoms. The second-order valence-corrected chi connectivity index (χ2v) is 17.8. The van der Waals surface area contributed by atoms with Crippen LogP contribution in [0.15, 0.2) is 261 Å². The molecule has 13 aromatic rings. The quantitative estimate of drug-likeness (QED) is 0.141. The van der Waals surface area contributed by atoms with E-state index in [-0.39, 0.29) is 0 Å². The van der Waals surface area contributed by atoms with Gasteiger partial charge >= 0.3 is 0 Å². The molecule has 0 fully saturated rings. The van der Waals surface area contributed by atoms with Crippen molar-refractivity contribution >= 4 is 77.5 Å². The van der Waals surface area contributed by atoms with E-state index < -0.39 is 0 Å². The van der Waals surface area contributed by atoms with Crippen LogP contribution in [0.25, 0.3) is 105 Å². The summed E-state index contributed by atoms with van der Waals surface area (Å²) in [5.41, 5.74) is 18.6. The lowest BCUT2D eigenvalue weighted by Crippen LogP contribution is -2.09. The van der Waals surface area contributed by atoms with E-state index in [1.165, 1.54) is 93.5 Å². The highest BCUT2D eigenvalue weighted by Gasteiger charge is 2.18. The lowest BCUT2D eigenvalue weighted by atomic mass is 9.98. The Bertz CT molecular complexity index is 4050. The predicted octanol–water partition coefficient (Wildman–Crippen LogP) is 18.1. The Kier molecular flexibility index (Phi) is 9.66. The van der Waals surface area contributed by atoms with Crippen molar-refractivity contribution in [2.75, 3.05) is 4.90 Å². The van der Waals surface area contributed by atoms with Crippen LogP contribution in [-0.4, -0.2) is 9.13 Å². The molecule has 0 saturated carbocycles. The zero-order valence-corrected chi connectivity index (χ0v) is 37.9. The number of nitrogens with zero attached hydrogens (tertiary/aromatic N) is 3. The van der Waals surface area contributed by atoms with Gasteiger partial charge in [-0.2, -0.15) is 0 Å². The van der Waals surface area contributed by atoms with Crippen molar-refractivity contribution in [3.05, 3.63) is 267 Å². The lowest BCUT2D eigenvalue weighted by Gasteiger charge is -2.26. The van der Waals surface area contributed by atoms with Crippen LogP contribution in [-0.2, 0) is 0 Å². The second kappa shape index (κ2) is 16.6. The fraction of sp³-hybridized carbons (Fsp3) is 0. The third kappa shape index (κ3) is 6.99. The average Bonchev–Trinajstić information content (AvgIpc) is 3.94. The van der Waals surface area contributed by atoms with Crippen LogP contribution in [0.5, 0.6) is 0 Å². The maximum atomic E-state index is 3.94. The van der Waals surface area contributed by atoms with Crippen molar-refractivity contribution in [2.45, 2.75) is 0 Å². The van der Waals surface area contributed by atoms with Crippen LogP contribution in [0.4, 0.5) is 17.1 Å². The zero-order valence-electron chi connectivity index (χ0n) is 37.9. The molecule has 0 radical (unpaired) electrons. The van der Waals surface area contributed by atoms with Gasteiger partial charge in [-0.15, -0.1) is 0 Å². The monoisotopic (exact) mass is 879 g/mol. The van der Waals surface area contributed by atoms with E-state index >= 15 is 0 Å². The number of rotatable bonds is 9. The van der Waals surface area contributed by atoms with Gasteiger partial charge in [0, 0.05) is 50.0 Å². The first-order valence-electron chi connectivity index (χ1n) is 23.6. The highest BCUT2D eigenvalue weighted by molar-refractivity contribution is 6.12. The Morgan fingerprint density at radius 2 is 0.667 bits per heavy atom. The van der Waals surface area contributed by atoms with E-state index in [2.05, 4.69) is 275 Å². The van der Waals surface area contributed by atoms with Gasteiger partial charge in [0.2, 0.25) is 0 Å². The van der Waals surface area contributed by atoms with Gasteiger partial charge in [-0.25, -0.2) is 0 Å². The number of aromatic nitrogens is 2. The Labute approximate surface area is 401 Å². The van der Waals surface area contributed by atoms with Gasteiger partial charge in [-0.05, 0) is 153 Å². The van der Waals surface area contributed by atoms with Crippen molar-refractivity contribution in [1.82, 2.24) is 9.13 Å². The zero-order chi connectivity index (χ0) is 45.8. The molecular weight excluding hydrogens is 835 g/mol. The van der Waals surface area contributed by atoms with Gasteiger partial charge in [0.05, 0.1) is 22.1 Å². The molecule has 2 heterocycles. The molecule has 0 unspecified atom stereocenters. The van der Waals surface area contributed by atoms with Crippen molar-refractivity contribution in [2.24, 2.45) is 0 Å². The molecule has 0 atom stereocenters. The minimum atomic E-state index is 1.09. The van der Waals surface area contributed by atoms with E-state index in [1.54, 1.807) is 0 Å². The van der Waals surface area contributed by atoms with Crippen LogP contribution < -0.4 is 4.90 Å². The van der Waals surface area contributed by atoms with Gasteiger partial charge in [0.1, 0.15) is 0 Å². The summed E-state index contributed by atoms with van der Waals surface area (Å²) in [5.74, 6) is 0. The van der Waals surface area contributed by atoms with Crippen LogP contribution in [0.3, 0.4) is 0 Å². The van der Waals surface area contributed by atoms with E-state index in [0.717, 1.165) is 28.3 Å². The highest BCUT2D eigenvalue weighted by Crippen LogP contribution is 2.41. The van der Waals surface area contributed by atoms with Crippen molar-refractivity contribution in [3.8, 4) is 44.8 Å². The Balaban J connectivity index is 0.874. The maximum absolute atomic E-state index is 3.94. The van der Waals surface area contributed by atoms with Crippen LogP contribution in [0.2, 0.25) is 0 Å². The average molecular weight is 880 g/mol. The molecule has 0 aliphatic heterocycles. The number of fused-ring (bicyclic) bond motifs is 7. The molecule has 0 aliphatic carbocycles. The number of benzene rings is 11. The standard InChI is InChI=1S/C66H45N3/c1-2-45-21-23-46(24-22-45)47-27-34-56(35-28-47)67(57-36-29-48(30-37-57)52-32-39-65-61(43-52)59-17-9-11-19-63(59)68(65)54-13-5-3-6-14-54)58-38-31-50-41-49(25-26-51(50)42-58)53-33-40-66-62(44-53)60-18-10-12-20-64(60)69(66)55-15-7-4-8-16-55/h2-44H,1H2. The molecule has 0 spiro atoms. The summed E-state index contributed by atoms with van der Waals surface area (Å²) >= 11 is 0. The molecular formula is C66H45N3. The molecule has 0 aliphatic rings. The third-order valence-corrected chi connectivity index (χ3v) is 13.9. The predicted molar refractivity (Wildman–Crippen MR) is 294 cm³/mol. The summed E-state index contributed by atoms with van der Waals surface area (Å²) in [6.45, 7) is 3.94. The van der Waals surface area contributed by atoms with Gasteiger partial charge < -0.3 is 14.0 Å². The fourth-order valence-corrected chi connectivity index (χ4v) is 10.4. The first-order chi connectivity index (χ1) is 34.1. The summed E-state index contributed by atoms with van der Waals surface area (Å²) in [7, 11) is 0. The molecule has 324 valence electrons. The van der Waals surface area contributed by atoms with Crippen LogP contribution >= 0.6 is 0 Å². The molecule has 0 amide bonds. The SMILES string of the molecule is C=Cc1ccc(-c2ccc(N(c3ccc(-c4ccc5c(c4)c4ccccc4n5-c4ccccc4)cc3)c3ccc4cc(-c5ccc6c(c5)c5ccccc5n6-c5ccccc5)ccc4c3)cc2)cc1. The summed E-state index contributed by atoms with van der Waals surface area (Å²) in [5, 5.41) is 7.37. The van der Waals surface area contributed by atoms with Gasteiger partial charge in [-0.1, -0.05) is 164 Å². The van der Waals surface area contributed by atoms with Crippen LogP contribution in [0, 0.1) is 0 Å². The smallest absolute Gasteiger partial charge is 0.0541 e. The Hall–Kier alpha value is -9.18. The molecule has 2 aromatic heterocycles. The summed E-state index contributed by atoms with van der Waals surface area (Å²) in [6, 6.07) is 92.7. The first kappa shape index (κ1) is 40.1. The van der Waals surface area contributed by atoms with E-state index in [1.807, 2.05) is 6.08 Å². The van der Waals surface area contributed by atoms with E-state index in [9.17, 15) is 0 Å². The molecule has 3 nitrogen and oxygen atoms in total. The first-order valence-corrected chi connectivity index (χ1v) is 23.6. The van der Waals surface area contributed by atoms with Crippen molar-refractivity contribution in [3.63, 3.8) is 0 Å². The molecule has 13 rings (SSSR count). The highest BCUT2D eigenvalue weighted by atomic mass is 15.1. The van der Waals surface area contributed by atoms with Crippen molar-refractivity contribution < 1.29 is 0 Å². The second-order valence-electron chi connectivity index (χ2n) is 17.8. The lowest BCUT2D eigenvalue weighted by molar-refractivity contribution is 1.18. The number of anilines is 3. The number of hydrogen-bond donors (Lipinski definition) is 0. The van der Waals surface area contributed by atoms with Gasteiger partial charge in [-0.3, -0.25) is 0 Å². The van der Waals surface area contributed by atoms with Crippen LogP contribution in [0.1, 0.15) is 5.56 Å². The van der Waals surface area contributed by atoms with Gasteiger partial charge in [0.25, 0.3) is 0 Å². The largest absolute Gasteiger partial charge is 0.310 e. The Morgan fingerprint density at radius 3 is 1.20 bits per heavy atom. The molecule has 69 heavy (non-hydrogen) atoms. The number of para-hydroxylation sites is 4. The third-order valence-electron chi connectivity index (χ3n) is 13.9. The maximum Gasteiger partial charge on any atom is 0.0541 e. The summed E-state index contributed by atoms with van der Waals surface area (Å²) in [6.07, 6.45) is 1.88.